The van der Waals surface area contributed by atoms with Gasteiger partial charge in [-0.1, -0.05) is 45.8 Å². The molecule has 112 valence electrons. The number of rotatable bonds is 5. The molecule has 0 aliphatic heterocycles. The van der Waals surface area contributed by atoms with Crippen LogP contribution in [-0.4, -0.2) is 14.2 Å². The van der Waals surface area contributed by atoms with E-state index >= 15 is 0 Å². The van der Waals surface area contributed by atoms with Crippen LogP contribution in [-0.2, 0) is 6.42 Å². The van der Waals surface area contributed by atoms with Gasteiger partial charge in [-0.05, 0) is 47.0 Å². The Morgan fingerprint density at radius 2 is 1.62 bits per heavy atom. The number of ether oxygens (including phenoxy) is 2. The van der Waals surface area contributed by atoms with Gasteiger partial charge in [-0.15, -0.1) is 0 Å². The van der Waals surface area contributed by atoms with Crippen LogP contribution in [0.2, 0.25) is 0 Å². The van der Waals surface area contributed by atoms with Gasteiger partial charge in [0.25, 0.3) is 0 Å². The standard InChI is InChI=1S/C17H18Br2O2/c1-11-4-6-12(7-5-11)8-14(18)13-9-17(21-3)15(19)10-16(13)20-2/h4-7,9-10,14H,8H2,1-3H3. The predicted octanol–water partition coefficient (Wildman–Crippen LogP) is 5.45. The fourth-order valence-electron chi connectivity index (χ4n) is 2.17. The van der Waals surface area contributed by atoms with Crippen molar-refractivity contribution >= 4 is 31.9 Å². The maximum absolute atomic E-state index is 5.49. The van der Waals surface area contributed by atoms with Crippen molar-refractivity contribution in [3.63, 3.8) is 0 Å². The van der Waals surface area contributed by atoms with Gasteiger partial charge < -0.3 is 9.47 Å². The van der Waals surface area contributed by atoms with E-state index in [1.165, 1.54) is 11.1 Å². The zero-order valence-corrected chi connectivity index (χ0v) is 15.5. The molecule has 21 heavy (non-hydrogen) atoms. The summed E-state index contributed by atoms with van der Waals surface area (Å²) in [5.41, 5.74) is 3.64. The molecule has 2 rings (SSSR count). The minimum Gasteiger partial charge on any atom is -0.496 e. The zero-order chi connectivity index (χ0) is 15.4. The number of halogens is 2. The Labute approximate surface area is 142 Å². The first-order valence-electron chi connectivity index (χ1n) is 6.66. The third-order valence-corrected chi connectivity index (χ3v) is 4.81. The van der Waals surface area contributed by atoms with Crippen molar-refractivity contribution in [1.82, 2.24) is 0 Å². The lowest BCUT2D eigenvalue weighted by molar-refractivity contribution is 0.396. The average Bonchev–Trinajstić information content (AvgIpc) is 2.49. The Balaban J connectivity index is 2.29. The second kappa shape index (κ2) is 7.32. The summed E-state index contributed by atoms with van der Waals surface area (Å²) >= 11 is 7.26. The Kier molecular flexibility index (Phi) is 5.71. The van der Waals surface area contributed by atoms with Crippen molar-refractivity contribution in [2.75, 3.05) is 14.2 Å². The first-order valence-corrected chi connectivity index (χ1v) is 8.37. The molecular formula is C17H18Br2O2. The molecule has 1 atom stereocenters. The van der Waals surface area contributed by atoms with E-state index in [2.05, 4.69) is 63.0 Å². The van der Waals surface area contributed by atoms with E-state index in [9.17, 15) is 0 Å². The summed E-state index contributed by atoms with van der Waals surface area (Å²) in [4.78, 5) is 0.164. The van der Waals surface area contributed by atoms with E-state index in [0.29, 0.717) is 0 Å². The molecule has 0 amide bonds. The maximum Gasteiger partial charge on any atom is 0.133 e. The van der Waals surface area contributed by atoms with Crippen LogP contribution in [0.25, 0.3) is 0 Å². The molecule has 0 aliphatic carbocycles. The molecule has 0 N–H and O–H groups in total. The van der Waals surface area contributed by atoms with Gasteiger partial charge in [0.1, 0.15) is 11.5 Å². The fraction of sp³-hybridized carbons (Fsp3) is 0.294. The summed E-state index contributed by atoms with van der Waals surface area (Å²) in [6, 6.07) is 12.5. The summed E-state index contributed by atoms with van der Waals surface area (Å²) in [7, 11) is 3.35. The van der Waals surface area contributed by atoms with Crippen LogP contribution in [0, 0.1) is 6.92 Å². The number of hydrogen-bond donors (Lipinski definition) is 0. The number of methoxy groups -OCH3 is 2. The van der Waals surface area contributed by atoms with E-state index in [1.54, 1.807) is 14.2 Å². The molecule has 0 saturated carbocycles. The Morgan fingerprint density at radius 1 is 1.00 bits per heavy atom. The third-order valence-electron chi connectivity index (χ3n) is 3.38. The van der Waals surface area contributed by atoms with Crippen molar-refractivity contribution in [2.45, 2.75) is 18.2 Å². The number of benzene rings is 2. The average molecular weight is 414 g/mol. The minimum absolute atomic E-state index is 0.164. The van der Waals surface area contributed by atoms with Crippen LogP contribution < -0.4 is 9.47 Å². The van der Waals surface area contributed by atoms with E-state index in [0.717, 1.165) is 28.0 Å². The van der Waals surface area contributed by atoms with Crippen molar-refractivity contribution in [3.05, 3.63) is 57.6 Å². The molecule has 0 saturated heterocycles. The molecule has 2 aromatic carbocycles. The molecule has 0 radical (unpaired) electrons. The van der Waals surface area contributed by atoms with E-state index in [1.807, 2.05) is 12.1 Å². The molecule has 0 heterocycles. The van der Waals surface area contributed by atoms with Crippen molar-refractivity contribution < 1.29 is 9.47 Å². The first kappa shape index (κ1) is 16.4. The third kappa shape index (κ3) is 4.01. The van der Waals surface area contributed by atoms with Crippen molar-refractivity contribution in [3.8, 4) is 11.5 Å². The molecule has 0 spiro atoms. The quantitative estimate of drug-likeness (QED) is 0.606. The summed E-state index contributed by atoms with van der Waals surface area (Å²) in [5, 5.41) is 0. The molecule has 0 bridgehead atoms. The minimum atomic E-state index is 0.164. The van der Waals surface area contributed by atoms with Gasteiger partial charge in [0, 0.05) is 10.4 Å². The molecular weight excluding hydrogens is 396 g/mol. The fourth-order valence-corrected chi connectivity index (χ4v) is 3.39. The smallest absolute Gasteiger partial charge is 0.133 e. The number of alkyl halides is 1. The van der Waals surface area contributed by atoms with Crippen LogP contribution >= 0.6 is 31.9 Å². The van der Waals surface area contributed by atoms with Crippen LogP contribution in [0.3, 0.4) is 0 Å². The highest BCUT2D eigenvalue weighted by atomic mass is 79.9. The predicted molar refractivity (Wildman–Crippen MR) is 93.8 cm³/mol. The normalized spacial score (nSPS) is 12.0. The van der Waals surface area contributed by atoms with Crippen LogP contribution in [0.4, 0.5) is 0 Å². The largest absolute Gasteiger partial charge is 0.496 e. The lowest BCUT2D eigenvalue weighted by Crippen LogP contribution is -2.00. The van der Waals surface area contributed by atoms with E-state index in [4.69, 9.17) is 9.47 Å². The van der Waals surface area contributed by atoms with Gasteiger partial charge in [0.2, 0.25) is 0 Å². The molecule has 0 aromatic heterocycles. The van der Waals surface area contributed by atoms with Crippen LogP contribution in [0.1, 0.15) is 21.5 Å². The topological polar surface area (TPSA) is 18.5 Å². The van der Waals surface area contributed by atoms with Crippen LogP contribution in [0.15, 0.2) is 40.9 Å². The van der Waals surface area contributed by atoms with Gasteiger partial charge in [0.05, 0.1) is 18.7 Å². The summed E-state index contributed by atoms with van der Waals surface area (Å²) in [5.74, 6) is 1.65. The second-order valence-electron chi connectivity index (χ2n) is 4.89. The Hall–Kier alpha value is -1.00. The maximum atomic E-state index is 5.49. The molecule has 4 heteroatoms. The monoisotopic (exact) mass is 412 g/mol. The number of aryl methyl sites for hydroxylation is 1. The SMILES string of the molecule is COc1cc(C(Br)Cc2ccc(C)cc2)c(OC)cc1Br. The lowest BCUT2D eigenvalue weighted by Gasteiger charge is -2.17. The van der Waals surface area contributed by atoms with Crippen LogP contribution in [0.5, 0.6) is 11.5 Å². The highest BCUT2D eigenvalue weighted by Gasteiger charge is 2.17. The number of hydrogen-bond acceptors (Lipinski definition) is 2. The Bertz CT molecular complexity index is 609. The molecule has 1 unspecified atom stereocenters. The van der Waals surface area contributed by atoms with Crippen molar-refractivity contribution in [1.29, 1.82) is 0 Å². The molecule has 2 nitrogen and oxygen atoms in total. The lowest BCUT2D eigenvalue weighted by atomic mass is 10.0. The highest BCUT2D eigenvalue weighted by Crippen LogP contribution is 2.40. The van der Waals surface area contributed by atoms with Gasteiger partial charge >= 0.3 is 0 Å². The van der Waals surface area contributed by atoms with Gasteiger partial charge in [0.15, 0.2) is 0 Å². The first-order chi connectivity index (χ1) is 10.0. The summed E-state index contributed by atoms with van der Waals surface area (Å²) < 4.78 is 11.8. The van der Waals surface area contributed by atoms with Gasteiger partial charge in [-0.3, -0.25) is 0 Å². The summed E-state index contributed by atoms with van der Waals surface area (Å²) in [6.07, 6.45) is 0.890. The van der Waals surface area contributed by atoms with Gasteiger partial charge in [-0.2, -0.15) is 0 Å². The van der Waals surface area contributed by atoms with E-state index in [-0.39, 0.29) is 4.83 Å². The van der Waals surface area contributed by atoms with E-state index < -0.39 is 0 Å². The molecule has 2 aromatic rings. The van der Waals surface area contributed by atoms with Gasteiger partial charge in [-0.25, -0.2) is 0 Å². The highest BCUT2D eigenvalue weighted by molar-refractivity contribution is 9.10. The molecule has 0 fully saturated rings. The zero-order valence-electron chi connectivity index (χ0n) is 12.3. The molecule has 0 aliphatic rings. The summed E-state index contributed by atoms with van der Waals surface area (Å²) in [6.45, 7) is 2.10. The Morgan fingerprint density at radius 3 is 2.19 bits per heavy atom. The second-order valence-corrected chi connectivity index (χ2v) is 6.85. The van der Waals surface area contributed by atoms with Crippen molar-refractivity contribution in [2.24, 2.45) is 0 Å².